The number of ketones is 1. The maximum Gasteiger partial charge on any atom is 0.221 e. The zero-order valence-corrected chi connectivity index (χ0v) is 20.5. The van der Waals surface area contributed by atoms with Gasteiger partial charge in [0.15, 0.2) is 5.78 Å². The third-order valence-corrected chi connectivity index (χ3v) is 6.11. The van der Waals surface area contributed by atoms with Gasteiger partial charge in [0.2, 0.25) is 5.91 Å². The van der Waals surface area contributed by atoms with E-state index in [1.807, 2.05) is 50.2 Å². The third-order valence-electron chi connectivity index (χ3n) is 6.11. The van der Waals surface area contributed by atoms with Crippen LogP contribution in [-0.2, 0) is 4.79 Å². The second-order valence-corrected chi connectivity index (χ2v) is 8.93. The minimum absolute atomic E-state index is 0.0499. The molecule has 0 spiro atoms. The predicted octanol–water partition coefficient (Wildman–Crippen LogP) is 5.69. The van der Waals surface area contributed by atoms with Crippen LogP contribution in [0.25, 0.3) is 0 Å². The molecule has 182 valence electrons. The van der Waals surface area contributed by atoms with Gasteiger partial charge in [0.25, 0.3) is 0 Å². The topological polar surface area (TPSA) is 67.9 Å². The molecule has 6 nitrogen and oxygen atoms in total. The molecule has 1 heterocycles. The lowest BCUT2D eigenvalue weighted by atomic mass is 9.93. The van der Waals surface area contributed by atoms with Crippen molar-refractivity contribution in [1.29, 1.82) is 0 Å². The van der Waals surface area contributed by atoms with Crippen LogP contribution in [0.2, 0.25) is 0 Å². The Balaban J connectivity index is 1.26. The van der Waals surface area contributed by atoms with E-state index in [1.165, 1.54) is 12.6 Å². The fourth-order valence-corrected chi connectivity index (χ4v) is 4.20. The van der Waals surface area contributed by atoms with E-state index in [9.17, 15) is 9.59 Å². The molecule has 0 saturated carbocycles. The summed E-state index contributed by atoms with van der Waals surface area (Å²) in [5.41, 5.74) is 3.50. The second-order valence-electron chi connectivity index (χ2n) is 8.93. The normalized spacial score (nSPS) is 14.1. The first-order chi connectivity index (χ1) is 16.9. The fraction of sp³-hybridized carbons (Fsp3) is 0.310. The fourth-order valence-electron chi connectivity index (χ4n) is 4.20. The van der Waals surface area contributed by atoms with Crippen LogP contribution in [0, 0.1) is 0 Å². The molecule has 1 N–H and O–H groups in total. The van der Waals surface area contributed by atoms with Gasteiger partial charge >= 0.3 is 0 Å². The van der Waals surface area contributed by atoms with Crippen LogP contribution in [0.15, 0.2) is 72.8 Å². The Hall–Kier alpha value is -3.80. The highest BCUT2D eigenvalue weighted by Gasteiger charge is 2.28. The predicted molar refractivity (Wildman–Crippen MR) is 139 cm³/mol. The van der Waals surface area contributed by atoms with Crippen LogP contribution in [0.3, 0.4) is 0 Å². The summed E-state index contributed by atoms with van der Waals surface area (Å²) in [5, 5.41) is 2.72. The number of benzene rings is 3. The van der Waals surface area contributed by atoms with Gasteiger partial charge in [-0.25, -0.2) is 0 Å². The van der Waals surface area contributed by atoms with Crippen LogP contribution in [0.4, 0.5) is 11.4 Å². The molecule has 0 aromatic heterocycles. The monoisotopic (exact) mass is 472 g/mol. The summed E-state index contributed by atoms with van der Waals surface area (Å²) in [7, 11) is 0. The number of hydrogen-bond donors (Lipinski definition) is 1. The van der Waals surface area contributed by atoms with Gasteiger partial charge in [-0.05, 0) is 66.9 Å². The highest BCUT2D eigenvalue weighted by atomic mass is 16.5. The summed E-state index contributed by atoms with van der Waals surface area (Å²) in [6.07, 6.45) is 0.547. The van der Waals surface area contributed by atoms with Gasteiger partial charge in [0.1, 0.15) is 17.6 Å². The van der Waals surface area contributed by atoms with E-state index in [2.05, 4.69) is 22.3 Å². The zero-order chi connectivity index (χ0) is 24.8. The van der Waals surface area contributed by atoms with Gasteiger partial charge < -0.3 is 19.7 Å². The molecule has 0 aliphatic carbocycles. The van der Waals surface area contributed by atoms with E-state index in [0.29, 0.717) is 24.3 Å². The molecule has 1 aliphatic heterocycles. The molecule has 4 rings (SSSR count). The Bertz CT molecular complexity index is 1150. The van der Waals surface area contributed by atoms with Crippen molar-refractivity contribution in [2.45, 2.75) is 39.2 Å². The first kappa shape index (κ1) is 24.3. The average Bonchev–Trinajstić information content (AvgIpc) is 2.82. The van der Waals surface area contributed by atoms with Crippen molar-refractivity contribution in [3.63, 3.8) is 0 Å². The Morgan fingerprint density at radius 3 is 2.34 bits per heavy atom. The van der Waals surface area contributed by atoms with Gasteiger partial charge in [-0.3, -0.25) is 9.59 Å². The Morgan fingerprint density at radius 2 is 1.69 bits per heavy atom. The maximum absolute atomic E-state index is 12.8. The Kier molecular flexibility index (Phi) is 7.70. The summed E-state index contributed by atoms with van der Waals surface area (Å²) >= 11 is 0. The molecule has 1 fully saturated rings. The van der Waals surface area contributed by atoms with E-state index >= 15 is 0 Å². The molecular formula is C29H32N2O4. The van der Waals surface area contributed by atoms with Crippen molar-refractivity contribution in [1.82, 2.24) is 0 Å². The first-order valence-corrected chi connectivity index (χ1v) is 12.1. The smallest absolute Gasteiger partial charge is 0.221 e. The summed E-state index contributed by atoms with van der Waals surface area (Å²) in [6.45, 7) is 7.84. The Morgan fingerprint density at radius 1 is 1.00 bits per heavy atom. The van der Waals surface area contributed by atoms with Crippen molar-refractivity contribution < 1.29 is 19.1 Å². The van der Waals surface area contributed by atoms with Crippen LogP contribution in [-0.4, -0.2) is 37.5 Å². The number of ether oxygens (including phenoxy) is 2. The van der Waals surface area contributed by atoms with Crippen molar-refractivity contribution in [3.8, 4) is 11.5 Å². The van der Waals surface area contributed by atoms with Crippen LogP contribution >= 0.6 is 0 Å². The summed E-state index contributed by atoms with van der Waals surface area (Å²) < 4.78 is 11.6. The number of carbonyl (C=O) groups is 2. The first-order valence-electron chi connectivity index (χ1n) is 12.1. The van der Waals surface area contributed by atoms with Crippen LogP contribution in [0.5, 0.6) is 11.5 Å². The van der Waals surface area contributed by atoms with Crippen molar-refractivity contribution in [2.24, 2.45) is 0 Å². The number of nitrogens with one attached hydrogen (secondary N) is 1. The largest absolute Gasteiger partial charge is 0.494 e. The number of nitrogens with zero attached hydrogens (tertiary/aromatic N) is 1. The highest BCUT2D eigenvalue weighted by molar-refractivity contribution is 5.98. The quantitative estimate of drug-likeness (QED) is 0.384. The molecule has 35 heavy (non-hydrogen) atoms. The number of rotatable bonds is 10. The second kappa shape index (κ2) is 11.1. The average molecular weight is 473 g/mol. The lowest BCUT2D eigenvalue weighted by Gasteiger charge is -2.40. The van der Waals surface area contributed by atoms with E-state index in [-0.39, 0.29) is 23.7 Å². The SMILES string of the molecule is CCOc1ccc(N2CC(Oc3ccc([C@H](C)CC(=O)c4cccc(NC(C)=O)c4)cc3)C2)cc1. The standard InChI is InChI=1S/C29H32N2O4/c1-4-34-26-14-10-25(11-15-26)31-18-28(19-31)35-27-12-8-22(9-13-27)20(2)16-29(33)23-6-5-7-24(17-23)30-21(3)32/h5-15,17,20,28H,4,16,18-19H2,1-3H3,(H,30,32)/t20-/m1/s1. The van der Waals surface area contributed by atoms with Gasteiger partial charge in [0.05, 0.1) is 19.7 Å². The number of carbonyl (C=O) groups excluding carboxylic acids is 2. The molecule has 1 atom stereocenters. The summed E-state index contributed by atoms with van der Waals surface area (Å²) in [4.78, 5) is 26.3. The van der Waals surface area contributed by atoms with Crippen LogP contribution < -0.4 is 19.7 Å². The van der Waals surface area contributed by atoms with E-state index in [0.717, 1.165) is 30.2 Å². The Labute approximate surface area is 206 Å². The minimum Gasteiger partial charge on any atom is -0.494 e. The van der Waals surface area contributed by atoms with Gasteiger partial charge in [-0.15, -0.1) is 0 Å². The summed E-state index contributed by atoms with van der Waals surface area (Å²) in [5.74, 6) is 1.69. The van der Waals surface area contributed by atoms with E-state index < -0.39 is 0 Å². The molecule has 1 aliphatic rings. The highest BCUT2D eigenvalue weighted by Crippen LogP contribution is 2.28. The molecular weight excluding hydrogens is 440 g/mol. The molecule has 3 aromatic rings. The molecule has 6 heteroatoms. The molecule has 3 aromatic carbocycles. The molecule has 0 radical (unpaired) electrons. The van der Waals surface area contributed by atoms with Crippen molar-refractivity contribution >= 4 is 23.1 Å². The number of Topliss-reactive ketones (excluding diaryl/α,β-unsaturated/α-hetero) is 1. The maximum atomic E-state index is 12.8. The number of anilines is 2. The molecule has 0 unspecified atom stereocenters. The molecule has 1 saturated heterocycles. The van der Waals surface area contributed by atoms with Gasteiger partial charge in [-0.1, -0.05) is 31.2 Å². The third kappa shape index (κ3) is 6.41. The number of hydrogen-bond acceptors (Lipinski definition) is 5. The lowest BCUT2D eigenvalue weighted by Crippen LogP contribution is -2.54. The minimum atomic E-state index is -0.156. The number of amides is 1. The lowest BCUT2D eigenvalue weighted by molar-refractivity contribution is -0.114. The van der Waals surface area contributed by atoms with Crippen LogP contribution in [0.1, 0.15) is 49.0 Å². The molecule has 0 bridgehead atoms. The zero-order valence-electron chi connectivity index (χ0n) is 20.5. The van der Waals surface area contributed by atoms with Crippen molar-refractivity contribution in [2.75, 3.05) is 29.9 Å². The molecule has 1 amide bonds. The van der Waals surface area contributed by atoms with Gasteiger partial charge in [-0.2, -0.15) is 0 Å². The van der Waals surface area contributed by atoms with E-state index in [4.69, 9.17) is 9.47 Å². The van der Waals surface area contributed by atoms with Crippen molar-refractivity contribution in [3.05, 3.63) is 83.9 Å². The summed E-state index contributed by atoms with van der Waals surface area (Å²) in [6, 6.07) is 23.2. The van der Waals surface area contributed by atoms with Gasteiger partial charge in [0, 0.05) is 30.3 Å². The van der Waals surface area contributed by atoms with E-state index in [1.54, 1.807) is 24.3 Å².